The van der Waals surface area contributed by atoms with Crippen LogP contribution in [-0.2, 0) is 14.4 Å². The number of amides is 3. The number of halogens is 1. The van der Waals surface area contributed by atoms with E-state index in [9.17, 15) is 18.8 Å². The molecule has 0 aliphatic carbocycles. The molecular weight excluding hydrogens is 415 g/mol. The van der Waals surface area contributed by atoms with Crippen molar-refractivity contribution >= 4 is 23.4 Å². The molecule has 9 heteroatoms. The van der Waals surface area contributed by atoms with E-state index in [2.05, 4.69) is 15.5 Å². The van der Waals surface area contributed by atoms with E-state index >= 15 is 0 Å². The molecule has 3 aliphatic heterocycles. The summed E-state index contributed by atoms with van der Waals surface area (Å²) in [6, 6.07) is 4.97. The van der Waals surface area contributed by atoms with Crippen molar-refractivity contribution in [3.8, 4) is 0 Å². The standard InChI is InChI=1S/C23H31FN4O4/c24-19-13-16(25-20-3-4-21(30)26-23(20)32)1-2-18(19)15-5-9-27(10-6-15)17-7-11-28(12-8-17)22(31)14-29/h1-2,13,15,17,20,25,29H,3-12,14H2,(H,26,30,32). The van der Waals surface area contributed by atoms with Crippen LogP contribution in [0.25, 0.3) is 0 Å². The molecule has 1 unspecified atom stereocenters. The maximum Gasteiger partial charge on any atom is 0.249 e. The van der Waals surface area contributed by atoms with Crippen LogP contribution in [-0.4, -0.2) is 77.5 Å². The van der Waals surface area contributed by atoms with E-state index in [0.717, 1.165) is 38.8 Å². The largest absolute Gasteiger partial charge is 0.387 e. The van der Waals surface area contributed by atoms with Crippen molar-refractivity contribution in [2.24, 2.45) is 0 Å². The van der Waals surface area contributed by atoms with Gasteiger partial charge in [-0.2, -0.15) is 0 Å². The SMILES string of the molecule is O=C1CCC(Nc2ccc(C3CCN(C4CCN(C(=O)CO)CC4)CC3)c(F)c2)C(=O)N1. The Balaban J connectivity index is 1.29. The molecule has 32 heavy (non-hydrogen) atoms. The minimum absolute atomic E-state index is 0.159. The van der Waals surface area contributed by atoms with Crippen molar-refractivity contribution in [2.75, 3.05) is 38.1 Å². The molecule has 0 bridgehead atoms. The molecule has 3 N–H and O–H groups in total. The summed E-state index contributed by atoms with van der Waals surface area (Å²) in [7, 11) is 0. The van der Waals surface area contributed by atoms with Crippen LogP contribution in [0.4, 0.5) is 10.1 Å². The highest BCUT2D eigenvalue weighted by molar-refractivity contribution is 6.01. The van der Waals surface area contributed by atoms with Crippen molar-refractivity contribution in [1.82, 2.24) is 15.1 Å². The zero-order chi connectivity index (χ0) is 22.7. The third-order valence-electron chi connectivity index (χ3n) is 7.02. The molecule has 3 fully saturated rings. The lowest BCUT2D eigenvalue weighted by molar-refractivity contribution is -0.136. The molecule has 1 atom stereocenters. The van der Waals surface area contributed by atoms with E-state index in [0.29, 0.717) is 36.8 Å². The topological polar surface area (TPSA) is 102 Å². The zero-order valence-electron chi connectivity index (χ0n) is 18.2. The Morgan fingerprint density at radius 2 is 1.81 bits per heavy atom. The highest BCUT2D eigenvalue weighted by Gasteiger charge is 2.31. The molecule has 8 nitrogen and oxygen atoms in total. The van der Waals surface area contributed by atoms with Gasteiger partial charge in [0.25, 0.3) is 0 Å². The van der Waals surface area contributed by atoms with Crippen LogP contribution >= 0.6 is 0 Å². The zero-order valence-corrected chi connectivity index (χ0v) is 18.2. The molecule has 0 saturated carbocycles. The third-order valence-corrected chi connectivity index (χ3v) is 7.02. The maximum atomic E-state index is 14.9. The number of piperidine rings is 3. The first-order chi connectivity index (χ1) is 15.4. The summed E-state index contributed by atoms with van der Waals surface area (Å²) < 4.78 is 14.9. The molecule has 174 valence electrons. The molecule has 1 aromatic carbocycles. The average molecular weight is 447 g/mol. The lowest BCUT2D eigenvalue weighted by atomic mass is 9.87. The number of aliphatic hydroxyl groups is 1. The minimum Gasteiger partial charge on any atom is -0.387 e. The molecule has 3 aliphatic rings. The lowest BCUT2D eigenvalue weighted by Crippen LogP contribution is -2.49. The van der Waals surface area contributed by atoms with Gasteiger partial charge in [-0.3, -0.25) is 19.7 Å². The Kier molecular flexibility index (Phi) is 7.05. The van der Waals surface area contributed by atoms with Gasteiger partial charge in [-0.15, -0.1) is 0 Å². The highest BCUT2D eigenvalue weighted by Crippen LogP contribution is 2.33. The van der Waals surface area contributed by atoms with Gasteiger partial charge in [0.1, 0.15) is 18.5 Å². The summed E-state index contributed by atoms with van der Waals surface area (Å²) >= 11 is 0. The Morgan fingerprint density at radius 3 is 2.44 bits per heavy atom. The molecule has 3 amide bonds. The van der Waals surface area contributed by atoms with Gasteiger partial charge < -0.3 is 20.2 Å². The number of anilines is 1. The predicted molar refractivity (Wildman–Crippen MR) is 116 cm³/mol. The van der Waals surface area contributed by atoms with Gasteiger partial charge in [0.15, 0.2) is 0 Å². The number of benzene rings is 1. The monoisotopic (exact) mass is 446 g/mol. The molecule has 3 saturated heterocycles. The number of rotatable bonds is 5. The van der Waals surface area contributed by atoms with E-state index in [1.807, 2.05) is 12.1 Å². The van der Waals surface area contributed by atoms with Crippen molar-refractivity contribution in [2.45, 2.75) is 56.5 Å². The van der Waals surface area contributed by atoms with Gasteiger partial charge in [0, 0.05) is 31.2 Å². The quantitative estimate of drug-likeness (QED) is 0.588. The average Bonchev–Trinajstić information content (AvgIpc) is 2.81. The number of likely N-dealkylation sites (tertiary alicyclic amines) is 2. The number of imide groups is 1. The first-order valence-corrected chi connectivity index (χ1v) is 11.5. The Labute approximate surface area is 187 Å². The normalized spacial score (nSPS) is 23.8. The van der Waals surface area contributed by atoms with Crippen LogP contribution in [0.5, 0.6) is 0 Å². The summed E-state index contributed by atoms with van der Waals surface area (Å²) in [6.07, 6.45) is 4.26. The van der Waals surface area contributed by atoms with Gasteiger partial charge in [0.2, 0.25) is 17.7 Å². The highest BCUT2D eigenvalue weighted by atomic mass is 19.1. The number of hydrogen-bond acceptors (Lipinski definition) is 6. The number of carbonyl (C=O) groups is 3. The van der Waals surface area contributed by atoms with Crippen LogP contribution < -0.4 is 10.6 Å². The summed E-state index contributed by atoms with van der Waals surface area (Å²) in [6.45, 7) is 2.74. The van der Waals surface area contributed by atoms with E-state index < -0.39 is 12.6 Å². The minimum atomic E-state index is -0.528. The van der Waals surface area contributed by atoms with E-state index in [-0.39, 0.29) is 35.9 Å². The van der Waals surface area contributed by atoms with Crippen molar-refractivity contribution in [1.29, 1.82) is 0 Å². The number of nitrogens with zero attached hydrogens (tertiary/aromatic N) is 2. The van der Waals surface area contributed by atoms with Crippen LogP contribution in [0.1, 0.15) is 50.0 Å². The second-order valence-corrected chi connectivity index (χ2v) is 8.96. The number of carbonyl (C=O) groups excluding carboxylic acids is 3. The summed E-state index contributed by atoms with van der Waals surface area (Å²) in [5.74, 6) is -0.952. The fourth-order valence-corrected chi connectivity index (χ4v) is 5.14. The lowest BCUT2D eigenvalue weighted by Gasteiger charge is -2.41. The van der Waals surface area contributed by atoms with E-state index in [1.165, 1.54) is 6.07 Å². The second-order valence-electron chi connectivity index (χ2n) is 8.96. The molecule has 3 heterocycles. The van der Waals surface area contributed by atoms with Gasteiger partial charge in [-0.05, 0) is 68.8 Å². The number of hydrogen-bond donors (Lipinski definition) is 3. The van der Waals surface area contributed by atoms with Gasteiger partial charge in [-0.25, -0.2) is 4.39 Å². The van der Waals surface area contributed by atoms with Crippen LogP contribution in [0, 0.1) is 5.82 Å². The molecule has 1 aromatic rings. The predicted octanol–water partition coefficient (Wildman–Crippen LogP) is 1.21. The van der Waals surface area contributed by atoms with E-state index in [1.54, 1.807) is 4.90 Å². The summed E-state index contributed by atoms with van der Waals surface area (Å²) in [5.41, 5.74) is 1.25. The number of nitrogens with one attached hydrogen (secondary N) is 2. The molecule has 0 radical (unpaired) electrons. The van der Waals surface area contributed by atoms with Crippen LogP contribution in [0.2, 0.25) is 0 Å². The van der Waals surface area contributed by atoms with E-state index in [4.69, 9.17) is 5.11 Å². The van der Waals surface area contributed by atoms with Gasteiger partial charge >= 0.3 is 0 Å². The van der Waals surface area contributed by atoms with Crippen molar-refractivity contribution < 1.29 is 23.9 Å². The Morgan fingerprint density at radius 1 is 1.09 bits per heavy atom. The molecule has 0 aromatic heterocycles. The van der Waals surface area contributed by atoms with Crippen molar-refractivity contribution in [3.63, 3.8) is 0 Å². The van der Waals surface area contributed by atoms with Crippen LogP contribution in [0.15, 0.2) is 18.2 Å². The molecular formula is C23H31FN4O4. The molecule has 0 spiro atoms. The maximum absolute atomic E-state index is 14.9. The summed E-state index contributed by atoms with van der Waals surface area (Å²) in [5, 5.41) is 14.3. The second kappa shape index (κ2) is 9.95. The molecule has 4 rings (SSSR count). The van der Waals surface area contributed by atoms with Crippen LogP contribution in [0.3, 0.4) is 0 Å². The van der Waals surface area contributed by atoms with Gasteiger partial charge in [0.05, 0.1) is 0 Å². The van der Waals surface area contributed by atoms with Crippen molar-refractivity contribution in [3.05, 3.63) is 29.6 Å². The number of aliphatic hydroxyl groups excluding tert-OH is 1. The first-order valence-electron chi connectivity index (χ1n) is 11.5. The third kappa shape index (κ3) is 5.10. The Hall–Kier alpha value is -2.52. The van der Waals surface area contributed by atoms with Gasteiger partial charge in [-0.1, -0.05) is 6.07 Å². The summed E-state index contributed by atoms with van der Waals surface area (Å²) in [4.78, 5) is 39.0. The smallest absolute Gasteiger partial charge is 0.249 e. The Bertz CT molecular complexity index is 864. The fraction of sp³-hybridized carbons (Fsp3) is 0.609. The fourth-order valence-electron chi connectivity index (χ4n) is 5.14. The first kappa shape index (κ1) is 22.7.